The number of likely N-dealkylation sites (tertiary alicyclic amines) is 1. The Kier molecular flexibility index (Phi) is 8.00. The minimum atomic E-state index is -0.791. The van der Waals surface area contributed by atoms with Crippen molar-refractivity contribution in [3.8, 4) is 0 Å². The molecular formula is C22H30F2N4S. The van der Waals surface area contributed by atoms with E-state index < -0.39 is 11.6 Å². The van der Waals surface area contributed by atoms with Crippen molar-refractivity contribution < 1.29 is 8.78 Å². The molecule has 1 aromatic heterocycles. The number of nitrogens with zero attached hydrogens (tertiary/aromatic N) is 2. The van der Waals surface area contributed by atoms with Crippen LogP contribution >= 0.6 is 11.3 Å². The molecule has 1 aliphatic heterocycles. The van der Waals surface area contributed by atoms with Crippen molar-refractivity contribution in [3.63, 3.8) is 0 Å². The van der Waals surface area contributed by atoms with Gasteiger partial charge in [-0.3, -0.25) is 9.89 Å². The monoisotopic (exact) mass is 420 g/mol. The van der Waals surface area contributed by atoms with Crippen LogP contribution < -0.4 is 10.6 Å². The average molecular weight is 421 g/mol. The molecule has 1 unspecified atom stereocenters. The van der Waals surface area contributed by atoms with E-state index >= 15 is 0 Å². The quantitative estimate of drug-likeness (QED) is 0.525. The molecule has 1 saturated heterocycles. The van der Waals surface area contributed by atoms with E-state index in [-0.39, 0.29) is 0 Å². The number of rotatable bonds is 7. The van der Waals surface area contributed by atoms with E-state index in [0.717, 1.165) is 50.4 Å². The fourth-order valence-corrected chi connectivity index (χ4v) is 4.50. The van der Waals surface area contributed by atoms with E-state index in [1.807, 2.05) is 0 Å². The van der Waals surface area contributed by atoms with Crippen LogP contribution in [0.3, 0.4) is 0 Å². The van der Waals surface area contributed by atoms with Crippen molar-refractivity contribution in [1.29, 1.82) is 0 Å². The first-order valence-electron chi connectivity index (χ1n) is 10.2. The zero-order valence-corrected chi connectivity index (χ0v) is 17.9. The lowest BCUT2D eigenvalue weighted by Crippen LogP contribution is -2.49. The third kappa shape index (κ3) is 6.78. The first-order chi connectivity index (χ1) is 14.0. The zero-order chi connectivity index (χ0) is 20.6. The van der Waals surface area contributed by atoms with Crippen LogP contribution in [0.2, 0.25) is 0 Å². The molecule has 0 aliphatic carbocycles. The van der Waals surface area contributed by atoms with Gasteiger partial charge < -0.3 is 10.6 Å². The van der Waals surface area contributed by atoms with E-state index in [9.17, 15) is 8.78 Å². The highest BCUT2D eigenvalue weighted by atomic mass is 32.1. The number of halogens is 2. The molecule has 1 aromatic carbocycles. The fourth-order valence-electron chi connectivity index (χ4n) is 3.63. The molecule has 1 atom stereocenters. The minimum absolute atomic E-state index is 0.370. The van der Waals surface area contributed by atoms with Gasteiger partial charge in [-0.2, -0.15) is 0 Å². The Morgan fingerprint density at radius 2 is 2.03 bits per heavy atom. The summed E-state index contributed by atoms with van der Waals surface area (Å²) in [5, 5.41) is 9.09. The van der Waals surface area contributed by atoms with Gasteiger partial charge in [0.1, 0.15) is 0 Å². The van der Waals surface area contributed by atoms with Crippen LogP contribution in [0.1, 0.15) is 30.2 Å². The third-order valence-electron chi connectivity index (χ3n) is 5.29. The van der Waals surface area contributed by atoms with Gasteiger partial charge in [-0.05, 0) is 54.3 Å². The number of piperidine rings is 1. The molecule has 2 aromatic rings. The summed E-state index contributed by atoms with van der Waals surface area (Å²) in [6.07, 6.45) is 3.06. The summed E-state index contributed by atoms with van der Waals surface area (Å²) < 4.78 is 26.5. The maximum absolute atomic E-state index is 13.4. The maximum atomic E-state index is 13.4. The van der Waals surface area contributed by atoms with Gasteiger partial charge in [0.15, 0.2) is 17.6 Å². The van der Waals surface area contributed by atoms with Gasteiger partial charge in [-0.25, -0.2) is 8.78 Å². The molecular weight excluding hydrogens is 390 g/mol. The molecule has 0 saturated carbocycles. The van der Waals surface area contributed by atoms with Gasteiger partial charge in [-0.1, -0.05) is 19.1 Å². The molecule has 3 rings (SSSR count). The molecule has 0 amide bonds. The summed E-state index contributed by atoms with van der Waals surface area (Å²) >= 11 is 1.80. The van der Waals surface area contributed by atoms with Gasteiger partial charge in [0.05, 0.1) is 0 Å². The van der Waals surface area contributed by atoms with Crippen molar-refractivity contribution in [1.82, 2.24) is 15.5 Å². The number of hydrogen-bond acceptors (Lipinski definition) is 3. The number of aliphatic imine (C=N–C) groups is 1. The number of hydrogen-bond donors (Lipinski definition) is 2. The molecule has 0 bridgehead atoms. The zero-order valence-electron chi connectivity index (χ0n) is 17.1. The molecule has 7 heteroatoms. The lowest BCUT2D eigenvalue weighted by atomic mass is 10.0. The Hall–Kier alpha value is -1.99. The molecule has 1 aliphatic rings. The minimum Gasteiger partial charge on any atom is -0.356 e. The predicted molar refractivity (Wildman–Crippen MR) is 116 cm³/mol. The molecule has 4 nitrogen and oxygen atoms in total. The van der Waals surface area contributed by atoms with Crippen molar-refractivity contribution in [2.45, 2.75) is 38.8 Å². The van der Waals surface area contributed by atoms with Crippen molar-refractivity contribution >= 4 is 17.3 Å². The highest BCUT2D eigenvalue weighted by molar-refractivity contribution is 7.09. The Morgan fingerprint density at radius 3 is 2.69 bits per heavy atom. The Balaban J connectivity index is 1.38. The van der Waals surface area contributed by atoms with Crippen LogP contribution in [-0.4, -0.2) is 43.6 Å². The molecule has 0 radical (unpaired) electrons. The molecule has 1 fully saturated rings. The van der Waals surface area contributed by atoms with Gasteiger partial charge in [0.2, 0.25) is 0 Å². The third-order valence-corrected chi connectivity index (χ3v) is 6.19. The molecule has 0 spiro atoms. The van der Waals surface area contributed by atoms with E-state index in [1.165, 1.54) is 17.0 Å². The normalized spacial score (nSPS) is 17.3. The number of thiophene rings is 1. The van der Waals surface area contributed by atoms with E-state index in [1.54, 1.807) is 24.5 Å². The molecule has 158 valence electrons. The molecule has 2 N–H and O–H groups in total. The maximum Gasteiger partial charge on any atom is 0.191 e. The predicted octanol–water partition coefficient (Wildman–Crippen LogP) is 4.03. The highest BCUT2D eigenvalue weighted by Gasteiger charge is 2.20. The van der Waals surface area contributed by atoms with E-state index in [2.05, 4.69) is 45.0 Å². The van der Waals surface area contributed by atoms with Gasteiger partial charge in [-0.15, -0.1) is 11.3 Å². The second-order valence-electron chi connectivity index (χ2n) is 7.78. The first-order valence-corrected chi connectivity index (χ1v) is 11.1. The standard InChI is InChI=1S/C22H30F2N4S/c1-16(12-19-4-3-11-29-19)14-26-22(25-2)27-18-7-9-28(10-8-18)15-17-5-6-20(23)21(24)13-17/h3-6,11,13,16,18H,7-10,12,14-15H2,1-2H3,(H2,25,26,27). The van der Waals surface area contributed by atoms with Gasteiger partial charge in [0, 0.05) is 44.1 Å². The van der Waals surface area contributed by atoms with Crippen molar-refractivity contribution in [2.75, 3.05) is 26.7 Å². The van der Waals surface area contributed by atoms with Crippen molar-refractivity contribution in [2.24, 2.45) is 10.9 Å². The second-order valence-corrected chi connectivity index (χ2v) is 8.82. The lowest BCUT2D eigenvalue weighted by Gasteiger charge is -2.33. The van der Waals surface area contributed by atoms with Crippen LogP contribution in [0.5, 0.6) is 0 Å². The number of guanidine groups is 1. The van der Waals surface area contributed by atoms with Crippen molar-refractivity contribution in [3.05, 3.63) is 57.8 Å². The Morgan fingerprint density at radius 1 is 1.24 bits per heavy atom. The van der Waals surface area contributed by atoms with Crippen LogP contribution in [0.15, 0.2) is 40.7 Å². The first kappa shape index (κ1) is 21.7. The summed E-state index contributed by atoms with van der Waals surface area (Å²) in [5.41, 5.74) is 0.813. The average Bonchev–Trinajstić information content (AvgIpc) is 3.22. The van der Waals surface area contributed by atoms with Crippen LogP contribution in [0.25, 0.3) is 0 Å². The summed E-state index contributed by atoms with van der Waals surface area (Å²) in [6.45, 7) is 5.62. The summed E-state index contributed by atoms with van der Waals surface area (Å²) in [6, 6.07) is 8.81. The largest absolute Gasteiger partial charge is 0.356 e. The second kappa shape index (κ2) is 10.7. The Bertz CT molecular complexity index is 786. The number of nitrogens with one attached hydrogen (secondary N) is 2. The van der Waals surface area contributed by atoms with E-state index in [0.29, 0.717) is 18.5 Å². The van der Waals surface area contributed by atoms with Crippen LogP contribution in [0, 0.1) is 17.6 Å². The fraction of sp³-hybridized carbons (Fsp3) is 0.500. The topological polar surface area (TPSA) is 39.7 Å². The smallest absolute Gasteiger partial charge is 0.191 e. The SMILES string of the molecule is CN=C(NCC(C)Cc1cccs1)NC1CCN(Cc2ccc(F)c(F)c2)CC1. The van der Waals surface area contributed by atoms with Crippen LogP contribution in [0.4, 0.5) is 8.78 Å². The van der Waals surface area contributed by atoms with Gasteiger partial charge >= 0.3 is 0 Å². The summed E-state index contributed by atoms with van der Waals surface area (Å²) in [4.78, 5) is 8.06. The molecule has 29 heavy (non-hydrogen) atoms. The van der Waals surface area contributed by atoms with Gasteiger partial charge in [0.25, 0.3) is 0 Å². The highest BCUT2D eigenvalue weighted by Crippen LogP contribution is 2.16. The lowest BCUT2D eigenvalue weighted by molar-refractivity contribution is 0.198. The molecule has 2 heterocycles. The number of benzene rings is 1. The van der Waals surface area contributed by atoms with E-state index in [4.69, 9.17) is 0 Å². The summed E-state index contributed by atoms with van der Waals surface area (Å²) in [7, 11) is 1.80. The Labute approximate surface area is 176 Å². The summed E-state index contributed by atoms with van der Waals surface area (Å²) in [5.74, 6) is -0.185. The van der Waals surface area contributed by atoms with Crippen LogP contribution in [-0.2, 0) is 13.0 Å².